The summed E-state index contributed by atoms with van der Waals surface area (Å²) in [5.41, 5.74) is 0.882. The van der Waals surface area contributed by atoms with Crippen LogP contribution in [0.2, 0.25) is 0 Å². The molecule has 18 heavy (non-hydrogen) atoms. The van der Waals surface area contributed by atoms with E-state index in [1.54, 1.807) is 0 Å². The van der Waals surface area contributed by atoms with Crippen molar-refractivity contribution < 1.29 is 4.74 Å². The summed E-state index contributed by atoms with van der Waals surface area (Å²) in [6, 6.07) is 0. The van der Waals surface area contributed by atoms with Gasteiger partial charge in [-0.25, -0.2) is 0 Å². The summed E-state index contributed by atoms with van der Waals surface area (Å²) in [5, 5.41) is 3.78. The van der Waals surface area contributed by atoms with E-state index in [0.29, 0.717) is 10.8 Å². The molecule has 1 atom stereocenters. The molecule has 0 aromatic carbocycles. The fourth-order valence-corrected chi connectivity index (χ4v) is 3.41. The van der Waals surface area contributed by atoms with Crippen molar-refractivity contribution in [1.82, 2.24) is 5.32 Å². The Balaban J connectivity index is 1.99. The highest BCUT2D eigenvalue weighted by Gasteiger charge is 2.43. The summed E-state index contributed by atoms with van der Waals surface area (Å²) in [4.78, 5) is 0. The molecule has 2 nitrogen and oxygen atoms in total. The first-order valence-electron chi connectivity index (χ1n) is 7.84. The van der Waals surface area contributed by atoms with Gasteiger partial charge in [-0.3, -0.25) is 5.32 Å². The van der Waals surface area contributed by atoms with Crippen molar-refractivity contribution in [2.24, 2.45) is 10.8 Å². The number of rotatable bonds is 2. The molecule has 0 bridgehead atoms. The minimum atomic E-state index is 0.00160. The highest BCUT2D eigenvalue weighted by atomic mass is 16.5. The molecule has 1 aliphatic carbocycles. The highest BCUT2D eigenvalue weighted by Crippen LogP contribution is 2.42. The molecule has 0 aromatic rings. The average molecular weight is 253 g/mol. The molecule has 1 spiro atoms. The standard InChI is InChI=1S/C16H31NO/c1-5-15(6-2)12-17-16(18-13-15)9-7-8-14(3,4)10-11-16/h17H,5-13H2,1-4H3. The summed E-state index contributed by atoms with van der Waals surface area (Å²) in [5.74, 6) is 0. The van der Waals surface area contributed by atoms with E-state index in [4.69, 9.17) is 4.74 Å². The molecule has 2 rings (SSSR count). The first-order chi connectivity index (χ1) is 8.45. The second-order valence-electron chi connectivity index (χ2n) is 7.36. The van der Waals surface area contributed by atoms with Gasteiger partial charge in [-0.2, -0.15) is 0 Å². The van der Waals surface area contributed by atoms with E-state index in [1.807, 2.05) is 0 Å². The van der Waals surface area contributed by atoms with Crippen LogP contribution in [0.4, 0.5) is 0 Å². The molecule has 2 aliphatic rings. The Morgan fingerprint density at radius 1 is 1.00 bits per heavy atom. The third-order valence-electron chi connectivity index (χ3n) is 5.58. The lowest BCUT2D eigenvalue weighted by Gasteiger charge is -2.47. The maximum atomic E-state index is 6.37. The van der Waals surface area contributed by atoms with Crippen molar-refractivity contribution >= 4 is 0 Å². The summed E-state index contributed by atoms with van der Waals surface area (Å²) in [7, 11) is 0. The van der Waals surface area contributed by atoms with Gasteiger partial charge in [0.05, 0.1) is 6.61 Å². The van der Waals surface area contributed by atoms with E-state index in [2.05, 4.69) is 33.0 Å². The van der Waals surface area contributed by atoms with Crippen molar-refractivity contribution in [2.45, 2.75) is 78.4 Å². The smallest absolute Gasteiger partial charge is 0.119 e. The lowest BCUT2D eigenvalue weighted by atomic mass is 9.80. The zero-order valence-corrected chi connectivity index (χ0v) is 12.8. The number of nitrogens with one attached hydrogen (secondary N) is 1. The van der Waals surface area contributed by atoms with E-state index >= 15 is 0 Å². The zero-order valence-electron chi connectivity index (χ0n) is 12.8. The summed E-state index contributed by atoms with van der Waals surface area (Å²) in [6.07, 6.45) is 8.74. The summed E-state index contributed by atoms with van der Waals surface area (Å²) in [6.45, 7) is 11.5. The first kappa shape index (κ1) is 14.3. The average Bonchev–Trinajstić information content (AvgIpc) is 2.51. The van der Waals surface area contributed by atoms with Crippen LogP contribution in [0.3, 0.4) is 0 Å². The minimum absolute atomic E-state index is 0.00160. The van der Waals surface area contributed by atoms with Crippen LogP contribution < -0.4 is 5.32 Å². The highest BCUT2D eigenvalue weighted by molar-refractivity contribution is 4.93. The Morgan fingerprint density at radius 3 is 2.28 bits per heavy atom. The van der Waals surface area contributed by atoms with E-state index < -0.39 is 0 Å². The molecule has 1 aliphatic heterocycles. The van der Waals surface area contributed by atoms with Gasteiger partial charge >= 0.3 is 0 Å². The van der Waals surface area contributed by atoms with Crippen LogP contribution in [0.15, 0.2) is 0 Å². The Hall–Kier alpha value is -0.0800. The summed E-state index contributed by atoms with van der Waals surface area (Å²) < 4.78 is 6.37. The predicted molar refractivity (Wildman–Crippen MR) is 76.6 cm³/mol. The maximum absolute atomic E-state index is 6.37. The van der Waals surface area contributed by atoms with Gasteiger partial charge in [-0.05, 0) is 50.4 Å². The number of hydrogen-bond acceptors (Lipinski definition) is 2. The van der Waals surface area contributed by atoms with Crippen LogP contribution >= 0.6 is 0 Å². The van der Waals surface area contributed by atoms with Gasteiger partial charge in [0.1, 0.15) is 5.72 Å². The van der Waals surface area contributed by atoms with Gasteiger partial charge in [-0.1, -0.05) is 27.7 Å². The largest absolute Gasteiger partial charge is 0.360 e. The van der Waals surface area contributed by atoms with Gasteiger partial charge in [0.25, 0.3) is 0 Å². The van der Waals surface area contributed by atoms with Crippen molar-refractivity contribution in [1.29, 1.82) is 0 Å². The molecule has 1 N–H and O–H groups in total. The lowest BCUT2D eigenvalue weighted by Crippen LogP contribution is -2.58. The molecule has 1 saturated heterocycles. The molecule has 2 fully saturated rings. The molecular formula is C16H31NO. The van der Waals surface area contributed by atoms with Crippen molar-refractivity contribution in [3.8, 4) is 0 Å². The first-order valence-corrected chi connectivity index (χ1v) is 7.84. The molecule has 2 heteroatoms. The van der Waals surface area contributed by atoms with Gasteiger partial charge in [-0.15, -0.1) is 0 Å². The Labute approximate surface area is 113 Å². The second kappa shape index (κ2) is 5.13. The molecular weight excluding hydrogens is 222 g/mol. The third kappa shape index (κ3) is 2.91. The van der Waals surface area contributed by atoms with Crippen LogP contribution in [-0.4, -0.2) is 18.9 Å². The normalized spacial score (nSPS) is 35.3. The van der Waals surface area contributed by atoms with Gasteiger partial charge in [0, 0.05) is 12.0 Å². The van der Waals surface area contributed by atoms with Crippen molar-refractivity contribution in [3.05, 3.63) is 0 Å². The Kier molecular flexibility index (Phi) is 4.08. The lowest BCUT2D eigenvalue weighted by molar-refractivity contribution is -0.155. The molecule has 0 aromatic heterocycles. The molecule has 106 valence electrons. The third-order valence-corrected chi connectivity index (χ3v) is 5.58. The SMILES string of the molecule is CCC1(CC)CNC2(CCCC(C)(C)CC2)OC1. The Bertz CT molecular complexity index is 271. The van der Waals surface area contributed by atoms with Crippen molar-refractivity contribution in [3.63, 3.8) is 0 Å². The fraction of sp³-hybridized carbons (Fsp3) is 1.00. The van der Waals surface area contributed by atoms with Crippen LogP contribution in [0.25, 0.3) is 0 Å². The topological polar surface area (TPSA) is 21.3 Å². The summed E-state index contributed by atoms with van der Waals surface area (Å²) >= 11 is 0. The van der Waals surface area contributed by atoms with Gasteiger partial charge in [0.2, 0.25) is 0 Å². The fourth-order valence-electron chi connectivity index (χ4n) is 3.41. The number of hydrogen-bond donors (Lipinski definition) is 1. The number of ether oxygens (including phenoxy) is 1. The van der Waals surface area contributed by atoms with E-state index in [9.17, 15) is 0 Å². The quantitative estimate of drug-likeness (QED) is 0.800. The van der Waals surface area contributed by atoms with Crippen LogP contribution in [0.1, 0.15) is 72.6 Å². The Morgan fingerprint density at radius 2 is 1.72 bits per heavy atom. The van der Waals surface area contributed by atoms with Gasteiger partial charge in [0.15, 0.2) is 0 Å². The van der Waals surface area contributed by atoms with Crippen LogP contribution in [0, 0.1) is 10.8 Å². The molecule has 1 saturated carbocycles. The van der Waals surface area contributed by atoms with E-state index in [0.717, 1.165) is 13.2 Å². The molecule has 1 unspecified atom stereocenters. The van der Waals surface area contributed by atoms with Crippen LogP contribution in [-0.2, 0) is 4.74 Å². The predicted octanol–water partition coefficient (Wildman–Crippen LogP) is 4.10. The van der Waals surface area contributed by atoms with Crippen molar-refractivity contribution in [2.75, 3.05) is 13.2 Å². The molecule has 0 radical (unpaired) electrons. The van der Waals surface area contributed by atoms with E-state index in [-0.39, 0.29) is 5.72 Å². The molecule has 0 amide bonds. The molecule has 1 heterocycles. The van der Waals surface area contributed by atoms with Crippen LogP contribution in [0.5, 0.6) is 0 Å². The zero-order chi connectivity index (χ0) is 13.3. The monoisotopic (exact) mass is 253 g/mol. The minimum Gasteiger partial charge on any atom is -0.360 e. The maximum Gasteiger partial charge on any atom is 0.119 e. The second-order valence-corrected chi connectivity index (χ2v) is 7.36. The van der Waals surface area contributed by atoms with Gasteiger partial charge < -0.3 is 4.74 Å². The van der Waals surface area contributed by atoms with E-state index in [1.165, 1.54) is 44.9 Å².